The number of hydrogen-bond acceptors (Lipinski definition) is 6. The Labute approximate surface area is 114 Å². The zero-order valence-corrected chi connectivity index (χ0v) is 8.13. The quantitative estimate of drug-likeness (QED) is 0.236. The van der Waals surface area contributed by atoms with Crippen LogP contribution in [0.4, 0.5) is 0 Å². The Morgan fingerprint density at radius 1 is 1.00 bits per heavy atom. The van der Waals surface area contributed by atoms with Gasteiger partial charge in [0.1, 0.15) is 29.9 Å². The van der Waals surface area contributed by atoms with Crippen molar-refractivity contribution in [3.63, 3.8) is 0 Å². The van der Waals surface area contributed by atoms with Crippen molar-refractivity contribution < 1.29 is 36.1 Å². The summed E-state index contributed by atoms with van der Waals surface area (Å²) >= 11 is 3.81. The first kappa shape index (κ1) is 21.4. The van der Waals surface area contributed by atoms with Crippen LogP contribution in [0.2, 0.25) is 0 Å². The van der Waals surface area contributed by atoms with E-state index in [1.807, 2.05) is 0 Å². The second-order valence-corrected chi connectivity index (χ2v) is 3.23. The average molecular weight is 256 g/mol. The third kappa shape index (κ3) is 4.84. The summed E-state index contributed by atoms with van der Waals surface area (Å²) < 4.78 is 4.88. The molecule has 1 heterocycles. The molecule has 1 saturated heterocycles. The Morgan fingerprint density at radius 3 is 1.87 bits per heavy atom. The number of thiol groups is 1. The molecule has 90 valence electrons. The van der Waals surface area contributed by atoms with Crippen molar-refractivity contribution in [2.75, 3.05) is 6.61 Å². The molecule has 0 aromatic carbocycles. The molecule has 0 saturated carbocycles. The van der Waals surface area contributed by atoms with Gasteiger partial charge in [-0.05, 0) is 0 Å². The number of rotatable bonds is 1. The van der Waals surface area contributed by atoms with Gasteiger partial charge in [0.15, 0.2) is 0 Å². The Hall–Kier alpha value is 1.07. The summed E-state index contributed by atoms with van der Waals surface area (Å²) in [4.78, 5) is 0. The van der Waals surface area contributed by atoms with Crippen molar-refractivity contribution in [1.29, 1.82) is 0 Å². The van der Waals surface area contributed by atoms with Gasteiger partial charge < -0.3 is 36.1 Å². The van der Waals surface area contributed by atoms with Gasteiger partial charge in [0, 0.05) is 0 Å². The van der Waals surface area contributed by atoms with E-state index < -0.39 is 36.5 Å². The van der Waals surface area contributed by atoms with Gasteiger partial charge >= 0.3 is 29.6 Å². The van der Waals surface area contributed by atoms with E-state index in [0.29, 0.717) is 0 Å². The van der Waals surface area contributed by atoms with Crippen LogP contribution >= 0.6 is 12.6 Å². The Bertz CT molecular complexity index is 158. The Kier molecular flexibility index (Phi) is 13.0. The predicted octanol–water partition coefficient (Wildman–Crippen LogP) is -4.58. The van der Waals surface area contributed by atoms with E-state index in [2.05, 4.69) is 12.6 Å². The molecule has 1 fully saturated rings. The summed E-state index contributed by atoms with van der Waals surface area (Å²) in [5.74, 6) is 0. The maximum atomic E-state index is 9.20. The summed E-state index contributed by atoms with van der Waals surface area (Å²) in [6, 6.07) is 0. The van der Waals surface area contributed by atoms with Crippen molar-refractivity contribution >= 4 is 42.2 Å². The minimum absolute atomic E-state index is 0. The van der Waals surface area contributed by atoms with Crippen LogP contribution < -0.4 is 0 Å². The second kappa shape index (κ2) is 9.14. The van der Waals surface area contributed by atoms with Gasteiger partial charge in [-0.3, -0.25) is 0 Å². The fourth-order valence-electron chi connectivity index (χ4n) is 1.08. The van der Waals surface area contributed by atoms with E-state index in [0.717, 1.165) is 0 Å². The molecule has 0 bridgehead atoms. The van der Waals surface area contributed by atoms with Crippen molar-refractivity contribution in [3.05, 3.63) is 0 Å². The van der Waals surface area contributed by atoms with E-state index in [-0.39, 0.29) is 40.5 Å². The molecule has 0 aromatic rings. The van der Waals surface area contributed by atoms with Crippen LogP contribution in [0.25, 0.3) is 0 Å². The van der Waals surface area contributed by atoms with Gasteiger partial charge in [-0.2, -0.15) is 0 Å². The van der Waals surface area contributed by atoms with Crippen molar-refractivity contribution in [3.8, 4) is 0 Å². The third-order valence-electron chi connectivity index (χ3n) is 1.87. The summed E-state index contributed by atoms with van der Waals surface area (Å²) in [6.45, 7) is -0.415. The fourth-order valence-corrected chi connectivity index (χ4v) is 1.41. The minimum atomic E-state index is -1.32. The van der Waals surface area contributed by atoms with Crippen LogP contribution in [-0.2, 0) is 4.74 Å². The molecule has 0 radical (unpaired) electrons. The third-order valence-corrected chi connectivity index (χ3v) is 2.29. The summed E-state index contributed by atoms with van der Waals surface area (Å²) in [5.41, 5.74) is -0.874. The van der Waals surface area contributed by atoms with Crippen molar-refractivity contribution in [1.82, 2.24) is 0 Å². The second-order valence-electron chi connectivity index (χ2n) is 2.72. The van der Waals surface area contributed by atoms with E-state index in [9.17, 15) is 10.2 Å². The number of aliphatic hydroxyl groups excluding tert-OH is 4. The molecule has 8 N–H and O–H groups in total. The van der Waals surface area contributed by atoms with Crippen LogP contribution in [0.3, 0.4) is 0 Å². The van der Waals surface area contributed by atoms with E-state index in [1.165, 1.54) is 0 Å². The SMILES string of the molecule is O.O.OC[C@H]1O[C@@H](S)[C@H](O)[C@@H](O)[C@@H]1O.[NaH]. The molecule has 0 amide bonds. The van der Waals surface area contributed by atoms with Crippen molar-refractivity contribution in [2.45, 2.75) is 29.9 Å². The van der Waals surface area contributed by atoms with Crippen LogP contribution in [0, 0.1) is 0 Å². The molecule has 0 aromatic heterocycles. The fraction of sp³-hybridized carbons (Fsp3) is 1.00. The van der Waals surface area contributed by atoms with Gasteiger partial charge in [-0.25, -0.2) is 0 Å². The zero-order valence-electron chi connectivity index (χ0n) is 7.24. The van der Waals surface area contributed by atoms with Crippen molar-refractivity contribution in [2.24, 2.45) is 0 Å². The first-order chi connectivity index (χ1) is 5.57. The van der Waals surface area contributed by atoms with Gasteiger partial charge in [0.05, 0.1) is 6.61 Å². The molecule has 9 heteroatoms. The van der Waals surface area contributed by atoms with Crippen LogP contribution in [0.15, 0.2) is 0 Å². The average Bonchev–Trinajstić information content (AvgIpc) is 2.08. The molecule has 1 rings (SSSR count). The topological polar surface area (TPSA) is 153 Å². The summed E-state index contributed by atoms with van der Waals surface area (Å²) in [6.07, 6.45) is -4.70. The molecule has 1 aliphatic rings. The standard InChI is InChI=1S/C6H12O5S.Na.2H2O.H/c7-1-2-3(8)4(9)5(10)6(12)11-2;;;;/h2-10,12H,1H2;;2*1H2;/t2-,3-,4+,5-,6+;;;;/m1..../s1. The molecular formula is C6H17NaO7S. The molecule has 15 heavy (non-hydrogen) atoms. The molecule has 1 aliphatic heterocycles. The zero-order chi connectivity index (χ0) is 9.30. The Balaban J connectivity index is -0.000000480. The maximum absolute atomic E-state index is 9.20. The first-order valence-corrected chi connectivity index (χ1v) is 4.08. The summed E-state index contributed by atoms with van der Waals surface area (Å²) in [7, 11) is 0. The van der Waals surface area contributed by atoms with E-state index >= 15 is 0 Å². The number of aliphatic hydroxyl groups is 4. The molecular weight excluding hydrogens is 239 g/mol. The van der Waals surface area contributed by atoms with Crippen LogP contribution in [0.5, 0.6) is 0 Å². The Morgan fingerprint density at radius 2 is 1.47 bits per heavy atom. The van der Waals surface area contributed by atoms with Gasteiger partial charge in [-0.1, -0.05) is 0 Å². The van der Waals surface area contributed by atoms with Gasteiger partial charge in [0.2, 0.25) is 0 Å². The van der Waals surface area contributed by atoms with Gasteiger partial charge in [-0.15, -0.1) is 12.6 Å². The molecule has 0 aliphatic carbocycles. The monoisotopic (exact) mass is 256 g/mol. The normalized spacial score (nSPS) is 39.4. The molecule has 7 nitrogen and oxygen atoms in total. The van der Waals surface area contributed by atoms with Crippen LogP contribution in [0.1, 0.15) is 0 Å². The van der Waals surface area contributed by atoms with E-state index in [4.69, 9.17) is 14.9 Å². The summed E-state index contributed by atoms with van der Waals surface area (Å²) in [5, 5.41) is 36.2. The number of hydrogen-bond donors (Lipinski definition) is 5. The van der Waals surface area contributed by atoms with E-state index in [1.54, 1.807) is 0 Å². The van der Waals surface area contributed by atoms with Crippen LogP contribution in [-0.4, -0.2) is 97.4 Å². The molecule has 0 unspecified atom stereocenters. The number of ether oxygens (including phenoxy) is 1. The molecule has 0 spiro atoms. The molecule has 5 atom stereocenters. The van der Waals surface area contributed by atoms with Gasteiger partial charge in [0.25, 0.3) is 0 Å². The predicted molar refractivity (Wildman–Crippen MR) is 57.1 cm³/mol. The first-order valence-electron chi connectivity index (χ1n) is 3.56.